The van der Waals surface area contributed by atoms with Crippen LogP contribution < -0.4 is 5.73 Å². The zero-order valence-corrected chi connectivity index (χ0v) is 9.50. The third-order valence-electron chi connectivity index (χ3n) is 2.26. The molecule has 0 spiro atoms. The largest absolute Gasteiger partial charge is 0.456 e. The summed E-state index contributed by atoms with van der Waals surface area (Å²) in [5, 5.41) is 0.182. The van der Waals surface area contributed by atoms with Gasteiger partial charge in [-0.15, -0.1) is 0 Å². The predicted molar refractivity (Wildman–Crippen MR) is 61.4 cm³/mol. The van der Waals surface area contributed by atoms with Crippen molar-refractivity contribution in [2.75, 3.05) is 0 Å². The van der Waals surface area contributed by atoms with Gasteiger partial charge in [0.15, 0.2) is 5.76 Å². The molecule has 1 aromatic carbocycles. The normalized spacial score (nSPS) is 10.5. The molecule has 0 saturated carbocycles. The van der Waals surface area contributed by atoms with Gasteiger partial charge in [-0.3, -0.25) is 4.79 Å². The second-order valence-corrected chi connectivity index (χ2v) is 3.83. The van der Waals surface area contributed by atoms with Crippen LogP contribution in [0.2, 0.25) is 5.02 Å². The summed E-state index contributed by atoms with van der Waals surface area (Å²) in [4.78, 5) is 12.0. The van der Waals surface area contributed by atoms with E-state index in [0.29, 0.717) is 5.76 Å². The molecule has 0 aliphatic carbocycles. The molecule has 0 aliphatic rings. The fourth-order valence-electron chi connectivity index (χ4n) is 1.41. The lowest BCUT2D eigenvalue weighted by Gasteiger charge is -2.01. The van der Waals surface area contributed by atoms with E-state index in [9.17, 15) is 9.18 Å². The number of hydrogen-bond acceptors (Lipinski definition) is 3. The molecule has 1 aromatic heterocycles. The molecule has 2 N–H and O–H groups in total. The zero-order valence-electron chi connectivity index (χ0n) is 8.74. The Bertz CT molecular complexity index is 565. The van der Waals surface area contributed by atoms with Crippen LogP contribution in [0.5, 0.6) is 0 Å². The standard InChI is InChI=1S/C12H9ClFNO2/c13-10-3-1-7(14)5-9(10)12(16)11-4-2-8(6-15)17-11/h1-5H,6,15H2. The quantitative estimate of drug-likeness (QED) is 0.856. The summed E-state index contributed by atoms with van der Waals surface area (Å²) in [6.07, 6.45) is 0. The van der Waals surface area contributed by atoms with Crippen molar-refractivity contribution in [2.24, 2.45) is 5.73 Å². The van der Waals surface area contributed by atoms with Crippen molar-refractivity contribution in [1.82, 2.24) is 0 Å². The van der Waals surface area contributed by atoms with Gasteiger partial charge in [0.1, 0.15) is 11.6 Å². The smallest absolute Gasteiger partial charge is 0.229 e. The molecule has 3 nitrogen and oxygen atoms in total. The lowest BCUT2D eigenvalue weighted by molar-refractivity contribution is 0.101. The number of carbonyl (C=O) groups excluding carboxylic acids is 1. The van der Waals surface area contributed by atoms with Crippen molar-refractivity contribution in [1.29, 1.82) is 0 Å². The molecule has 0 amide bonds. The first-order valence-electron chi connectivity index (χ1n) is 4.90. The predicted octanol–water partition coefficient (Wildman–Crippen LogP) is 2.76. The topological polar surface area (TPSA) is 56.2 Å². The molecule has 0 fully saturated rings. The number of halogens is 2. The van der Waals surface area contributed by atoms with Crippen LogP contribution in [0.25, 0.3) is 0 Å². The maximum Gasteiger partial charge on any atom is 0.229 e. The lowest BCUT2D eigenvalue weighted by Crippen LogP contribution is -2.01. The van der Waals surface area contributed by atoms with Gasteiger partial charge < -0.3 is 10.2 Å². The molecule has 88 valence electrons. The average Bonchev–Trinajstić information content (AvgIpc) is 2.80. The number of furan rings is 1. The van der Waals surface area contributed by atoms with Gasteiger partial charge in [0, 0.05) is 5.56 Å². The minimum Gasteiger partial charge on any atom is -0.456 e. The highest BCUT2D eigenvalue weighted by molar-refractivity contribution is 6.34. The van der Waals surface area contributed by atoms with E-state index in [4.69, 9.17) is 21.8 Å². The van der Waals surface area contributed by atoms with E-state index < -0.39 is 11.6 Å². The van der Waals surface area contributed by atoms with Gasteiger partial charge in [-0.1, -0.05) is 11.6 Å². The van der Waals surface area contributed by atoms with Crippen LogP contribution in [0.15, 0.2) is 34.7 Å². The molecule has 0 unspecified atom stereocenters. The van der Waals surface area contributed by atoms with Gasteiger partial charge in [0.05, 0.1) is 11.6 Å². The molecule has 0 bridgehead atoms. The van der Waals surface area contributed by atoms with E-state index in [-0.39, 0.29) is 22.9 Å². The third-order valence-corrected chi connectivity index (χ3v) is 2.59. The molecule has 2 rings (SSSR count). The van der Waals surface area contributed by atoms with E-state index in [0.717, 1.165) is 6.07 Å². The average molecular weight is 254 g/mol. The molecule has 1 heterocycles. The van der Waals surface area contributed by atoms with Crippen LogP contribution in [0.1, 0.15) is 21.9 Å². The van der Waals surface area contributed by atoms with Crippen molar-refractivity contribution in [3.05, 3.63) is 58.3 Å². The molecule has 2 aromatic rings. The summed E-state index contributed by atoms with van der Waals surface area (Å²) in [6.45, 7) is 0.199. The highest BCUT2D eigenvalue weighted by Gasteiger charge is 2.17. The number of ketones is 1. The Labute approximate surface area is 102 Å². The summed E-state index contributed by atoms with van der Waals surface area (Å²) in [5.74, 6) is -0.406. The Morgan fingerprint density at radius 3 is 2.76 bits per heavy atom. The number of carbonyl (C=O) groups is 1. The van der Waals surface area contributed by atoms with Gasteiger partial charge in [0.2, 0.25) is 5.78 Å². The van der Waals surface area contributed by atoms with Crippen molar-refractivity contribution in [3.8, 4) is 0 Å². The third kappa shape index (κ3) is 2.38. The van der Waals surface area contributed by atoms with Crippen LogP contribution in [0.4, 0.5) is 4.39 Å². The van der Waals surface area contributed by atoms with Gasteiger partial charge in [-0.2, -0.15) is 0 Å². The first kappa shape index (κ1) is 11.8. The molecule has 0 atom stereocenters. The second kappa shape index (κ2) is 4.69. The van der Waals surface area contributed by atoms with E-state index in [2.05, 4.69) is 0 Å². The van der Waals surface area contributed by atoms with Crippen molar-refractivity contribution < 1.29 is 13.6 Å². The van der Waals surface area contributed by atoms with Crippen molar-refractivity contribution >= 4 is 17.4 Å². The van der Waals surface area contributed by atoms with Gasteiger partial charge in [-0.25, -0.2) is 4.39 Å². The fourth-order valence-corrected chi connectivity index (χ4v) is 1.62. The number of rotatable bonds is 3. The van der Waals surface area contributed by atoms with Gasteiger partial charge in [0.25, 0.3) is 0 Å². The summed E-state index contributed by atoms with van der Waals surface area (Å²) in [6, 6.07) is 6.69. The Morgan fingerprint density at radius 2 is 2.12 bits per heavy atom. The Morgan fingerprint density at radius 1 is 1.35 bits per heavy atom. The first-order chi connectivity index (χ1) is 8.11. The van der Waals surface area contributed by atoms with E-state index >= 15 is 0 Å². The molecule has 5 heteroatoms. The molecule has 0 radical (unpaired) electrons. The van der Waals surface area contributed by atoms with E-state index in [1.807, 2.05) is 0 Å². The number of benzene rings is 1. The zero-order chi connectivity index (χ0) is 12.4. The Kier molecular flexibility index (Phi) is 3.26. The second-order valence-electron chi connectivity index (χ2n) is 3.42. The Balaban J connectivity index is 2.39. The molecule has 0 aliphatic heterocycles. The van der Waals surface area contributed by atoms with Crippen LogP contribution in [-0.2, 0) is 6.54 Å². The van der Waals surface area contributed by atoms with E-state index in [1.54, 1.807) is 6.07 Å². The van der Waals surface area contributed by atoms with Crippen LogP contribution in [-0.4, -0.2) is 5.78 Å². The number of hydrogen-bond donors (Lipinski definition) is 1. The van der Waals surface area contributed by atoms with Crippen LogP contribution in [0.3, 0.4) is 0 Å². The minimum atomic E-state index is -0.525. The fraction of sp³-hybridized carbons (Fsp3) is 0.0833. The maximum atomic E-state index is 13.0. The summed E-state index contributed by atoms with van der Waals surface area (Å²) in [5.41, 5.74) is 5.44. The van der Waals surface area contributed by atoms with Crippen molar-refractivity contribution in [2.45, 2.75) is 6.54 Å². The summed E-state index contributed by atoms with van der Waals surface area (Å²) in [7, 11) is 0. The molecule has 0 saturated heterocycles. The SMILES string of the molecule is NCc1ccc(C(=O)c2cc(F)ccc2Cl)o1. The van der Waals surface area contributed by atoms with Gasteiger partial charge in [-0.05, 0) is 30.3 Å². The molecule has 17 heavy (non-hydrogen) atoms. The van der Waals surface area contributed by atoms with Gasteiger partial charge >= 0.3 is 0 Å². The lowest BCUT2D eigenvalue weighted by atomic mass is 10.1. The summed E-state index contributed by atoms with van der Waals surface area (Å²) >= 11 is 5.83. The van der Waals surface area contributed by atoms with Crippen LogP contribution in [0, 0.1) is 5.82 Å². The molecular weight excluding hydrogens is 245 g/mol. The van der Waals surface area contributed by atoms with Crippen LogP contribution >= 0.6 is 11.6 Å². The molecular formula is C12H9ClFNO2. The highest BCUT2D eigenvalue weighted by atomic mass is 35.5. The van der Waals surface area contributed by atoms with E-state index in [1.165, 1.54) is 18.2 Å². The van der Waals surface area contributed by atoms with Crippen molar-refractivity contribution in [3.63, 3.8) is 0 Å². The Hall–Kier alpha value is -1.65. The minimum absolute atomic E-state index is 0.0737. The highest BCUT2D eigenvalue weighted by Crippen LogP contribution is 2.21. The number of nitrogens with two attached hydrogens (primary N) is 1. The first-order valence-corrected chi connectivity index (χ1v) is 5.28. The maximum absolute atomic E-state index is 13.0. The summed E-state index contributed by atoms with van der Waals surface area (Å²) < 4.78 is 18.2. The monoisotopic (exact) mass is 253 g/mol.